The highest BCUT2D eigenvalue weighted by Crippen LogP contribution is 2.33. The fourth-order valence-electron chi connectivity index (χ4n) is 3.39. The Balaban J connectivity index is 1.96. The van der Waals surface area contributed by atoms with Gasteiger partial charge in [0.1, 0.15) is 5.69 Å². The summed E-state index contributed by atoms with van der Waals surface area (Å²) in [5, 5.41) is 1.19. The zero-order chi connectivity index (χ0) is 16.0. The fraction of sp³-hybridized carbons (Fsp3) is 0.211. The van der Waals surface area contributed by atoms with Gasteiger partial charge in [0.05, 0.1) is 0 Å². The molecule has 1 amide bonds. The molecule has 0 atom stereocenters. The second-order valence-corrected chi connectivity index (χ2v) is 6.95. The van der Waals surface area contributed by atoms with Gasteiger partial charge >= 0.3 is 0 Å². The average Bonchev–Trinajstić information content (AvgIpc) is 2.86. The second kappa shape index (κ2) is 5.53. The monoisotopic (exact) mass is 368 g/mol. The smallest absolute Gasteiger partial charge is 0.270 e. The third-order valence-electron chi connectivity index (χ3n) is 4.56. The first-order valence-electron chi connectivity index (χ1n) is 7.75. The van der Waals surface area contributed by atoms with Gasteiger partial charge in [0.25, 0.3) is 5.91 Å². The minimum absolute atomic E-state index is 0.120. The zero-order valence-corrected chi connectivity index (χ0v) is 14.5. The van der Waals surface area contributed by atoms with Crippen LogP contribution in [-0.4, -0.2) is 29.0 Å². The van der Waals surface area contributed by atoms with Crippen LogP contribution in [-0.2, 0) is 13.0 Å². The molecule has 4 heteroatoms. The molecule has 0 saturated heterocycles. The molecule has 3 aromatic rings. The number of hydrogen-bond donors (Lipinski definition) is 0. The number of amides is 1. The van der Waals surface area contributed by atoms with E-state index < -0.39 is 0 Å². The van der Waals surface area contributed by atoms with E-state index in [1.165, 1.54) is 16.5 Å². The van der Waals surface area contributed by atoms with E-state index in [9.17, 15) is 4.79 Å². The van der Waals surface area contributed by atoms with Crippen molar-refractivity contribution in [2.24, 2.45) is 0 Å². The zero-order valence-electron chi connectivity index (χ0n) is 12.9. The van der Waals surface area contributed by atoms with Crippen molar-refractivity contribution in [2.75, 3.05) is 13.6 Å². The lowest BCUT2D eigenvalue weighted by Gasteiger charge is -2.24. The lowest BCUT2D eigenvalue weighted by atomic mass is 10.0. The Morgan fingerprint density at radius 1 is 1.13 bits per heavy atom. The minimum atomic E-state index is 0.120. The van der Waals surface area contributed by atoms with Gasteiger partial charge in [0, 0.05) is 35.5 Å². The molecule has 0 unspecified atom stereocenters. The summed E-state index contributed by atoms with van der Waals surface area (Å²) in [4.78, 5) is 14.6. The van der Waals surface area contributed by atoms with Crippen LogP contribution >= 0.6 is 15.9 Å². The highest BCUT2D eigenvalue weighted by molar-refractivity contribution is 9.10. The van der Waals surface area contributed by atoms with E-state index >= 15 is 0 Å². The highest BCUT2D eigenvalue weighted by atomic mass is 79.9. The van der Waals surface area contributed by atoms with Gasteiger partial charge in [-0.25, -0.2) is 0 Å². The van der Waals surface area contributed by atoms with Crippen LogP contribution in [0.5, 0.6) is 0 Å². The van der Waals surface area contributed by atoms with Gasteiger partial charge in [-0.15, -0.1) is 0 Å². The molecule has 2 heterocycles. The van der Waals surface area contributed by atoms with Crippen molar-refractivity contribution in [1.29, 1.82) is 0 Å². The summed E-state index contributed by atoms with van der Waals surface area (Å²) in [5.41, 5.74) is 4.36. The van der Waals surface area contributed by atoms with E-state index in [1.54, 1.807) is 0 Å². The van der Waals surface area contributed by atoms with Gasteiger partial charge in [-0.05, 0) is 35.7 Å². The molecule has 0 radical (unpaired) electrons. The number of likely N-dealkylation sites (N-methyl/N-ethyl adjacent to an activating group) is 1. The molecule has 0 spiro atoms. The number of aromatic nitrogens is 1. The van der Waals surface area contributed by atoms with Crippen molar-refractivity contribution in [3.63, 3.8) is 0 Å². The maximum Gasteiger partial charge on any atom is 0.270 e. The van der Waals surface area contributed by atoms with Crippen LogP contribution in [0.25, 0.3) is 10.9 Å². The SMILES string of the molecule is CN1CCc2c(n(Cc3ccccc3)c3ccc(Br)cc23)C1=O. The summed E-state index contributed by atoms with van der Waals surface area (Å²) in [6, 6.07) is 16.6. The summed E-state index contributed by atoms with van der Waals surface area (Å²) in [5.74, 6) is 0.120. The normalized spacial score (nSPS) is 14.3. The molecule has 1 aliphatic heterocycles. The molecule has 0 N–H and O–H groups in total. The quantitative estimate of drug-likeness (QED) is 0.668. The number of carbonyl (C=O) groups excluding carboxylic acids is 1. The van der Waals surface area contributed by atoms with Gasteiger partial charge in [-0.3, -0.25) is 4.79 Å². The van der Waals surface area contributed by atoms with Crippen LogP contribution in [0.4, 0.5) is 0 Å². The van der Waals surface area contributed by atoms with Crippen molar-refractivity contribution < 1.29 is 4.79 Å². The van der Waals surface area contributed by atoms with Crippen molar-refractivity contribution >= 4 is 32.7 Å². The van der Waals surface area contributed by atoms with Crippen molar-refractivity contribution in [3.05, 3.63) is 69.8 Å². The van der Waals surface area contributed by atoms with Gasteiger partial charge in [0.2, 0.25) is 0 Å². The molecule has 116 valence electrons. The summed E-state index contributed by atoms with van der Waals surface area (Å²) in [6.07, 6.45) is 0.909. The molecule has 1 aromatic heterocycles. The van der Waals surface area contributed by atoms with E-state index in [0.717, 1.165) is 28.6 Å². The maximum absolute atomic E-state index is 12.8. The Kier molecular flexibility index (Phi) is 3.49. The van der Waals surface area contributed by atoms with Gasteiger partial charge in [-0.2, -0.15) is 0 Å². The van der Waals surface area contributed by atoms with Crippen LogP contribution in [0.1, 0.15) is 21.6 Å². The summed E-state index contributed by atoms with van der Waals surface area (Å²) >= 11 is 3.56. The lowest BCUT2D eigenvalue weighted by Crippen LogP contribution is -2.35. The number of halogens is 1. The Bertz CT molecular complexity index is 899. The van der Waals surface area contributed by atoms with Crippen LogP contribution in [0.3, 0.4) is 0 Å². The van der Waals surface area contributed by atoms with Crippen LogP contribution in [0.2, 0.25) is 0 Å². The largest absolute Gasteiger partial charge is 0.340 e. The van der Waals surface area contributed by atoms with Crippen molar-refractivity contribution in [1.82, 2.24) is 9.47 Å². The van der Waals surface area contributed by atoms with Gasteiger partial charge in [0.15, 0.2) is 0 Å². The topological polar surface area (TPSA) is 25.2 Å². The number of carbonyl (C=O) groups is 1. The Labute approximate surface area is 143 Å². The van der Waals surface area contributed by atoms with Crippen molar-refractivity contribution in [3.8, 4) is 0 Å². The predicted octanol–water partition coefficient (Wildman–Crippen LogP) is 4.08. The molecular formula is C19H17BrN2O. The molecule has 23 heavy (non-hydrogen) atoms. The Morgan fingerprint density at radius 3 is 2.70 bits per heavy atom. The fourth-order valence-corrected chi connectivity index (χ4v) is 3.75. The number of nitrogens with zero attached hydrogens (tertiary/aromatic N) is 2. The summed E-state index contributed by atoms with van der Waals surface area (Å²) in [6.45, 7) is 1.50. The first-order chi connectivity index (χ1) is 11.1. The van der Waals surface area contributed by atoms with E-state index in [4.69, 9.17) is 0 Å². The molecular weight excluding hydrogens is 352 g/mol. The molecule has 4 rings (SSSR count). The van der Waals surface area contributed by atoms with Gasteiger partial charge < -0.3 is 9.47 Å². The second-order valence-electron chi connectivity index (χ2n) is 6.04. The number of fused-ring (bicyclic) bond motifs is 3. The number of rotatable bonds is 2. The minimum Gasteiger partial charge on any atom is -0.340 e. The summed E-state index contributed by atoms with van der Waals surface area (Å²) in [7, 11) is 1.88. The van der Waals surface area contributed by atoms with E-state index in [2.05, 4.69) is 44.8 Å². The van der Waals surface area contributed by atoms with Crippen LogP contribution < -0.4 is 0 Å². The first-order valence-corrected chi connectivity index (χ1v) is 8.54. The Morgan fingerprint density at radius 2 is 1.91 bits per heavy atom. The third kappa shape index (κ3) is 2.38. The van der Waals surface area contributed by atoms with Crippen LogP contribution in [0, 0.1) is 0 Å². The molecule has 0 fully saturated rings. The molecule has 3 nitrogen and oxygen atoms in total. The van der Waals surface area contributed by atoms with Crippen molar-refractivity contribution in [2.45, 2.75) is 13.0 Å². The van der Waals surface area contributed by atoms with Gasteiger partial charge in [-0.1, -0.05) is 46.3 Å². The van der Waals surface area contributed by atoms with E-state index in [1.807, 2.05) is 36.2 Å². The Hall–Kier alpha value is -2.07. The lowest BCUT2D eigenvalue weighted by molar-refractivity contribution is 0.0770. The predicted molar refractivity (Wildman–Crippen MR) is 95.8 cm³/mol. The number of hydrogen-bond acceptors (Lipinski definition) is 1. The van der Waals surface area contributed by atoms with E-state index in [0.29, 0.717) is 6.54 Å². The third-order valence-corrected chi connectivity index (χ3v) is 5.05. The molecule has 0 saturated carbocycles. The average molecular weight is 369 g/mol. The molecule has 0 bridgehead atoms. The molecule has 2 aromatic carbocycles. The molecule has 1 aliphatic rings. The van der Waals surface area contributed by atoms with E-state index in [-0.39, 0.29) is 5.91 Å². The maximum atomic E-state index is 12.8. The first kappa shape index (κ1) is 14.5. The standard InChI is InChI=1S/C19H17BrN2O/c1-21-10-9-15-16-11-14(20)7-8-17(16)22(18(15)19(21)23)12-13-5-3-2-4-6-13/h2-8,11H,9-10,12H2,1H3. The molecule has 0 aliphatic carbocycles. The highest BCUT2D eigenvalue weighted by Gasteiger charge is 2.29. The van der Waals surface area contributed by atoms with Crippen LogP contribution in [0.15, 0.2) is 53.0 Å². The number of benzene rings is 2. The summed E-state index contributed by atoms with van der Waals surface area (Å²) < 4.78 is 3.22.